The Labute approximate surface area is 171 Å². The summed E-state index contributed by atoms with van der Waals surface area (Å²) in [5, 5.41) is 11.8. The van der Waals surface area contributed by atoms with Gasteiger partial charge in [-0.2, -0.15) is 4.98 Å². The molecule has 11 heteroatoms. The molecule has 10 nitrogen and oxygen atoms in total. The maximum absolute atomic E-state index is 12.8. The van der Waals surface area contributed by atoms with Gasteiger partial charge in [-0.3, -0.25) is 9.20 Å². The van der Waals surface area contributed by atoms with E-state index in [9.17, 15) is 13.2 Å². The van der Waals surface area contributed by atoms with Gasteiger partial charge < -0.3 is 9.84 Å². The first-order chi connectivity index (χ1) is 14.3. The number of pyridine rings is 1. The molecule has 0 aliphatic heterocycles. The number of amides is 1. The highest BCUT2D eigenvalue weighted by atomic mass is 32.2. The number of nitrogens with two attached hydrogens (primary N) is 1. The Bertz CT molecular complexity index is 1340. The van der Waals surface area contributed by atoms with E-state index in [1.807, 2.05) is 31.2 Å². The van der Waals surface area contributed by atoms with Gasteiger partial charge in [-0.1, -0.05) is 23.4 Å². The van der Waals surface area contributed by atoms with Crippen LogP contribution in [0.2, 0.25) is 0 Å². The molecular weight excluding hydrogens is 408 g/mol. The van der Waals surface area contributed by atoms with Gasteiger partial charge in [0.05, 0.1) is 11.9 Å². The maximum atomic E-state index is 12.8. The summed E-state index contributed by atoms with van der Waals surface area (Å²) >= 11 is 0. The number of sulfonamides is 1. The highest BCUT2D eigenvalue weighted by Gasteiger charge is 2.16. The van der Waals surface area contributed by atoms with Crippen LogP contribution in [-0.2, 0) is 16.4 Å². The van der Waals surface area contributed by atoms with E-state index < -0.39 is 10.0 Å². The van der Waals surface area contributed by atoms with Crippen LogP contribution in [0, 0.1) is 6.92 Å². The van der Waals surface area contributed by atoms with Crippen molar-refractivity contribution in [3.05, 3.63) is 65.9 Å². The first kappa shape index (κ1) is 19.7. The van der Waals surface area contributed by atoms with E-state index in [0.717, 1.165) is 5.56 Å². The van der Waals surface area contributed by atoms with Crippen molar-refractivity contribution in [2.24, 2.45) is 5.14 Å². The fraction of sp³-hybridized carbons (Fsp3) is 0.158. The first-order valence-corrected chi connectivity index (χ1v) is 10.7. The number of hydrogen-bond donors (Lipinski definition) is 2. The Morgan fingerprint density at radius 2 is 2.10 bits per heavy atom. The molecule has 3 aromatic heterocycles. The van der Waals surface area contributed by atoms with Crippen molar-refractivity contribution >= 4 is 27.3 Å². The fourth-order valence-electron chi connectivity index (χ4n) is 2.89. The van der Waals surface area contributed by atoms with Crippen LogP contribution in [0.15, 0.2) is 53.3 Å². The summed E-state index contributed by atoms with van der Waals surface area (Å²) < 4.78 is 29.0. The number of hydrogen-bond acceptors (Lipinski definition) is 7. The molecular formula is C19H18N6O4S. The van der Waals surface area contributed by atoms with Crippen molar-refractivity contribution < 1.29 is 17.7 Å². The largest absolute Gasteiger partial charge is 0.339 e. The SMILES string of the molecule is Cc1ccc(-c2noc(CCS(N)(=O)=O)n2)cc1NC(=O)c1cnc2ccccn12. The minimum absolute atomic E-state index is 0.0234. The lowest BCUT2D eigenvalue weighted by atomic mass is 10.1. The molecule has 0 spiro atoms. The molecule has 0 unspecified atom stereocenters. The number of primary sulfonamides is 1. The van der Waals surface area contributed by atoms with Crippen LogP contribution >= 0.6 is 0 Å². The van der Waals surface area contributed by atoms with Gasteiger partial charge in [0.1, 0.15) is 11.3 Å². The quantitative estimate of drug-likeness (QED) is 0.478. The molecule has 30 heavy (non-hydrogen) atoms. The van der Waals surface area contributed by atoms with Crippen LogP contribution in [0.1, 0.15) is 21.9 Å². The summed E-state index contributed by atoms with van der Waals surface area (Å²) in [6, 6.07) is 10.8. The number of nitrogens with zero attached hydrogens (tertiary/aromatic N) is 4. The molecule has 0 aliphatic carbocycles. The second-order valence-electron chi connectivity index (χ2n) is 6.68. The van der Waals surface area contributed by atoms with Crippen molar-refractivity contribution in [3.8, 4) is 11.4 Å². The molecule has 1 aromatic carbocycles. The average molecular weight is 426 g/mol. The predicted octanol–water partition coefficient (Wildman–Crippen LogP) is 1.78. The number of imidazole rings is 1. The normalized spacial score (nSPS) is 11.7. The van der Waals surface area contributed by atoms with Crippen LogP contribution in [0.4, 0.5) is 5.69 Å². The standard InChI is InChI=1S/C19H18N6O4S/c1-12-5-6-13(18-23-17(29-24-18)7-9-30(20,27)28)10-14(12)22-19(26)15-11-21-16-4-2-3-8-25(15)16/h2-6,8,10-11H,7,9H2,1H3,(H,22,26)(H2,20,27,28). The number of carbonyl (C=O) groups is 1. The summed E-state index contributed by atoms with van der Waals surface area (Å²) in [5.41, 5.74) is 3.12. The Kier molecular flexibility index (Phi) is 5.06. The van der Waals surface area contributed by atoms with Crippen LogP contribution in [-0.4, -0.2) is 39.6 Å². The van der Waals surface area contributed by atoms with Crippen molar-refractivity contribution in [1.29, 1.82) is 0 Å². The van der Waals surface area contributed by atoms with Gasteiger partial charge in [-0.15, -0.1) is 0 Å². The number of anilines is 1. The molecule has 0 aliphatic rings. The Hall–Kier alpha value is -3.57. The molecule has 0 fully saturated rings. The molecule has 1 amide bonds. The van der Waals surface area contributed by atoms with Crippen LogP contribution in [0.25, 0.3) is 17.0 Å². The topological polar surface area (TPSA) is 145 Å². The Balaban J connectivity index is 1.56. The molecule has 3 heterocycles. The summed E-state index contributed by atoms with van der Waals surface area (Å²) in [4.78, 5) is 21.2. The molecule has 0 saturated heterocycles. The third-order valence-corrected chi connectivity index (χ3v) is 5.24. The zero-order chi connectivity index (χ0) is 21.3. The minimum atomic E-state index is -3.62. The number of benzene rings is 1. The van der Waals surface area contributed by atoms with Crippen LogP contribution in [0.3, 0.4) is 0 Å². The summed E-state index contributed by atoms with van der Waals surface area (Å²) in [6.45, 7) is 1.86. The minimum Gasteiger partial charge on any atom is -0.339 e. The van der Waals surface area contributed by atoms with Gasteiger partial charge in [0.2, 0.25) is 21.7 Å². The van der Waals surface area contributed by atoms with E-state index in [-0.39, 0.29) is 29.8 Å². The Morgan fingerprint density at radius 3 is 2.90 bits per heavy atom. The average Bonchev–Trinajstić information content (AvgIpc) is 3.34. The molecule has 3 N–H and O–H groups in total. The third kappa shape index (κ3) is 4.21. The lowest BCUT2D eigenvalue weighted by Crippen LogP contribution is -2.18. The van der Waals surface area contributed by atoms with Gasteiger partial charge in [-0.05, 0) is 30.7 Å². The van der Waals surface area contributed by atoms with E-state index in [1.165, 1.54) is 6.20 Å². The lowest BCUT2D eigenvalue weighted by molar-refractivity contribution is 0.102. The van der Waals surface area contributed by atoms with E-state index in [1.54, 1.807) is 22.7 Å². The number of fused-ring (bicyclic) bond motifs is 1. The number of carbonyl (C=O) groups excluding carboxylic acids is 1. The number of aromatic nitrogens is 4. The van der Waals surface area contributed by atoms with Crippen LogP contribution < -0.4 is 10.5 Å². The molecule has 0 saturated carbocycles. The lowest BCUT2D eigenvalue weighted by Gasteiger charge is -2.09. The van der Waals surface area contributed by atoms with Gasteiger partial charge >= 0.3 is 0 Å². The third-order valence-electron chi connectivity index (χ3n) is 4.46. The monoisotopic (exact) mass is 426 g/mol. The van der Waals surface area contributed by atoms with Gasteiger partial charge in [0.25, 0.3) is 5.91 Å². The molecule has 0 bridgehead atoms. The van der Waals surface area contributed by atoms with E-state index in [4.69, 9.17) is 9.66 Å². The zero-order valence-corrected chi connectivity index (χ0v) is 16.8. The molecule has 4 rings (SSSR count). The van der Waals surface area contributed by atoms with Crippen molar-refractivity contribution in [2.75, 3.05) is 11.1 Å². The van der Waals surface area contributed by atoms with Crippen molar-refractivity contribution in [3.63, 3.8) is 0 Å². The molecule has 0 atom stereocenters. The highest BCUT2D eigenvalue weighted by molar-refractivity contribution is 7.89. The second-order valence-corrected chi connectivity index (χ2v) is 8.42. The molecule has 0 radical (unpaired) electrons. The number of rotatable bonds is 6. The summed E-state index contributed by atoms with van der Waals surface area (Å²) in [5.74, 6) is -0.153. The fourth-order valence-corrected chi connectivity index (χ4v) is 3.34. The van der Waals surface area contributed by atoms with E-state index >= 15 is 0 Å². The number of aryl methyl sites for hydroxylation is 2. The van der Waals surface area contributed by atoms with Gasteiger partial charge in [0.15, 0.2) is 0 Å². The smallest absolute Gasteiger partial charge is 0.274 e. The van der Waals surface area contributed by atoms with Gasteiger partial charge in [-0.25, -0.2) is 18.5 Å². The second kappa shape index (κ2) is 7.69. The Morgan fingerprint density at radius 1 is 1.27 bits per heavy atom. The van der Waals surface area contributed by atoms with E-state index in [2.05, 4.69) is 20.4 Å². The molecule has 4 aromatic rings. The summed E-state index contributed by atoms with van der Waals surface area (Å²) in [7, 11) is -3.62. The molecule has 154 valence electrons. The van der Waals surface area contributed by atoms with E-state index in [0.29, 0.717) is 22.6 Å². The number of nitrogens with one attached hydrogen (secondary N) is 1. The summed E-state index contributed by atoms with van der Waals surface area (Å²) in [6.07, 6.45) is 3.30. The predicted molar refractivity (Wildman–Crippen MR) is 109 cm³/mol. The van der Waals surface area contributed by atoms with Gasteiger partial charge in [0, 0.05) is 23.9 Å². The maximum Gasteiger partial charge on any atom is 0.274 e. The zero-order valence-electron chi connectivity index (χ0n) is 15.9. The first-order valence-electron chi connectivity index (χ1n) is 8.98. The van der Waals surface area contributed by atoms with Crippen molar-refractivity contribution in [1.82, 2.24) is 19.5 Å². The highest BCUT2D eigenvalue weighted by Crippen LogP contribution is 2.24. The van der Waals surface area contributed by atoms with Crippen molar-refractivity contribution in [2.45, 2.75) is 13.3 Å². The van der Waals surface area contributed by atoms with Crippen LogP contribution in [0.5, 0.6) is 0 Å².